The number of aromatic nitrogens is 1. The molecule has 0 aliphatic rings. The number of hydrogen-bond donors (Lipinski definition) is 2. The Bertz CT molecular complexity index is 1070. The molecule has 0 fully saturated rings. The first-order valence-electron chi connectivity index (χ1n) is 10.4. The molecule has 9 heteroatoms. The molecule has 33 heavy (non-hydrogen) atoms. The number of nitrogens with one attached hydrogen (secondary N) is 1. The average Bonchev–Trinajstić information content (AvgIpc) is 2.82. The van der Waals surface area contributed by atoms with Crippen LogP contribution in [0.5, 0.6) is 23.1 Å². The van der Waals surface area contributed by atoms with Crippen LogP contribution < -0.4 is 25.3 Å². The van der Waals surface area contributed by atoms with Crippen LogP contribution in [0, 0.1) is 0 Å². The predicted octanol–water partition coefficient (Wildman–Crippen LogP) is 3.95. The van der Waals surface area contributed by atoms with Gasteiger partial charge in [-0.2, -0.15) is 0 Å². The molecular weight excluding hydrogens is 424 g/mol. The number of anilines is 1. The second-order valence-electron chi connectivity index (χ2n) is 6.62. The van der Waals surface area contributed by atoms with Gasteiger partial charge in [0, 0.05) is 23.9 Å². The lowest BCUT2D eigenvalue weighted by Crippen LogP contribution is -2.20. The molecule has 0 aliphatic carbocycles. The van der Waals surface area contributed by atoms with Crippen LogP contribution in [-0.4, -0.2) is 36.5 Å². The normalized spacial score (nSPS) is 10.9. The highest BCUT2D eigenvalue weighted by atomic mass is 16.6. The highest BCUT2D eigenvalue weighted by molar-refractivity contribution is 5.97. The number of para-hydroxylation sites is 1. The second kappa shape index (κ2) is 11.9. The van der Waals surface area contributed by atoms with E-state index in [1.165, 1.54) is 6.20 Å². The molecule has 1 heterocycles. The summed E-state index contributed by atoms with van der Waals surface area (Å²) in [5.41, 5.74) is 6.93. The number of amidine groups is 1. The molecule has 3 aromatic rings. The van der Waals surface area contributed by atoms with E-state index in [1.807, 2.05) is 44.2 Å². The lowest BCUT2D eigenvalue weighted by atomic mass is 10.2. The summed E-state index contributed by atoms with van der Waals surface area (Å²) in [5.74, 6) is 1.89. The van der Waals surface area contributed by atoms with Crippen molar-refractivity contribution in [1.82, 2.24) is 4.98 Å². The maximum atomic E-state index is 12.3. The summed E-state index contributed by atoms with van der Waals surface area (Å²) in [7, 11) is 0. The summed E-state index contributed by atoms with van der Waals surface area (Å²) in [4.78, 5) is 21.6. The van der Waals surface area contributed by atoms with Gasteiger partial charge in [0.2, 0.25) is 5.88 Å². The smallest absolute Gasteiger partial charge is 0.265 e. The maximum absolute atomic E-state index is 12.3. The molecule has 0 spiro atoms. The zero-order valence-electron chi connectivity index (χ0n) is 18.5. The zero-order chi connectivity index (χ0) is 23.5. The number of ether oxygens (including phenoxy) is 3. The molecule has 1 aromatic heterocycles. The van der Waals surface area contributed by atoms with Crippen molar-refractivity contribution in [2.45, 2.75) is 13.8 Å². The fraction of sp³-hybridized carbons (Fsp3) is 0.208. The Kier molecular flexibility index (Phi) is 8.47. The number of amides is 1. The number of benzene rings is 2. The quantitative estimate of drug-likeness (QED) is 0.258. The van der Waals surface area contributed by atoms with Gasteiger partial charge in [0.1, 0.15) is 17.2 Å². The Morgan fingerprint density at radius 2 is 1.79 bits per heavy atom. The number of carbonyl (C=O) groups is 1. The summed E-state index contributed by atoms with van der Waals surface area (Å²) in [5, 5.41) is 6.52. The van der Waals surface area contributed by atoms with Crippen LogP contribution in [0.25, 0.3) is 0 Å². The molecule has 0 atom stereocenters. The molecule has 2 aromatic carbocycles. The number of oxime groups is 1. The fourth-order valence-electron chi connectivity index (χ4n) is 2.75. The van der Waals surface area contributed by atoms with Crippen LogP contribution in [0.4, 0.5) is 5.69 Å². The van der Waals surface area contributed by atoms with E-state index in [4.69, 9.17) is 24.8 Å². The third-order valence-corrected chi connectivity index (χ3v) is 4.19. The minimum Gasteiger partial charge on any atom is -0.494 e. The molecule has 0 saturated carbocycles. The van der Waals surface area contributed by atoms with E-state index < -0.39 is 5.91 Å². The SMILES string of the molecule is CCOc1ccc(OCC)c(NC(=O)CO/N=C(/N)c2ccc(Oc3ccccc3)nc2)c1. The summed E-state index contributed by atoms with van der Waals surface area (Å²) < 4.78 is 16.7. The van der Waals surface area contributed by atoms with Crippen LogP contribution in [0.15, 0.2) is 72.0 Å². The highest BCUT2D eigenvalue weighted by Crippen LogP contribution is 2.29. The monoisotopic (exact) mass is 450 g/mol. The van der Waals surface area contributed by atoms with Crippen LogP contribution in [0.3, 0.4) is 0 Å². The van der Waals surface area contributed by atoms with E-state index in [2.05, 4.69) is 15.5 Å². The van der Waals surface area contributed by atoms with Crippen molar-refractivity contribution in [3.63, 3.8) is 0 Å². The number of pyridine rings is 1. The summed E-state index contributed by atoms with van der Waals surface area (Å²) in [6.45, 7) is 4.36. The van der Waals surface area contributed by atoms with Gasteiger partial charge in [-0.25, -0.2) is 4.98 Å². The number of nitrogens with two attached hydrogens (primary N) is 1. The molecular formula is C24H26N4O5. The highest BCUT2D eigenvalue weighted by Gasteiger charge is 2.11. The third-order valence-electron chi connectivity index (χ3n) is 4.19. The number of carbonyl (C=O) groups excluding carboxylic acids is 1. The third kappa shape index (κ3) is 7.13. The molecule has 3 rings (SSSR count). The lowest BCUT2D eigenvalue weighted by molar-refractivity contribution is -0.120. The molecule has 0 aliphatic heterocycles. The lowest BCUT2D eigenvalue weighted by Gasteiger charge is -2.13. The molecule has 172 valence electrons. The molecule has 9 nitrogen and oxygen atoms in total. The standard InChI is InChI=1S/C24H26N4O5/c1-3-30-19-11-12-21(31-4-2)20(14-19)27-22(29)16-32-28-24(25)17-10-13-23(26-15-17)33-18-8-6-5-7-9-18/h5-15H,3-4,16H2,1-2H3,(H2,25,28)(H,27,29). The first-order valence-corrected chi connectivity index (χ1v) is 10.4. The van der Waals surface area contributed by atoms with Gasteiger partial charge < -0.3 is 30.1 Å². The predicted molar refractivity (Wildman–Crippen MR) is 125 cm³/mol. The van der Waals surface area contributed by atoms with E-state index in [0.29, 0.717) is 47.6 Å². The van der Waals surface area contributed by atoms with Crippen LogP contribution >= 0.6 is 0 Å². The van der Waals surface area contributed by atoms with Gasteiger partial charge >= 0.3 is 0 Å². The van der Waals surface area contributed by atoms with Crippen LogP contribution in [0.1, 0.15) is 19.4 Å². The van der Waals surface area contributed by atoms with Gasteiger partial charge in [-0.15, -0.1) is 0 Å². The van der Waals surface area contributed by atoms with Crippen LogP contribution in [0.2, 0.25) is 0 Å². The van der Waals surface area contributed by atoms with Gasteiger partial charge in [0.15, 0.2) is 12.4 Å². The van der Waals surface area contributed by atoms with Crippen molar-refractivity contribution >= 4 is 17.4 Å². The van der Waals surface area contributed by atoms with Gasteiger partial charge in [-0.3, -0.25) is 4.79 Å². The first kappa shape index (κ1) is 23.4. The Labute approximate surface area is 192 Å². The van der Waals surface area contributed by atoms with E-state index in [9.17, 15) is 4.79 Å². The Balaban J connectivity index is 1.55. The van der Waals surface area contributed by atoms with Crippen molar-refractivity contribution in [1.29, 1.82) is 0 Å². The molecule has 1 amide bonds. The van der Waals surface area contributed by atoms with E-state index >= 15 is 0 Å². The minimum absolute atomic E-state index is 0.0786. The van der Waals surface area contributed by atoms with E-state index in [0.717, 1.165) is 0 Å². The average molecular weight is 450 g/mol. The summed E-state index contributed by atoms with van der Waals surface area (Å²) in [6.07, 6.45) is 1.51. The van der Waals surface area contributed by atoms with Crippen molar-refractivity contribution in [3.8, 4) is 23.1 Å². The van der Waals surface area contributed by atoms with E-state index in [1.54, 1.807) is 30.3 Å². The van der Waals surface area contributed by atoms with Crippen molar-refractivity contribution in [2.24, 2.45) is 10.9 Å². The fourth-order valence-corrected chi connectivity index (χ4v) is 2.75. The molecule has 3 N–H and O–H groups in total. The number of hydrogen-bond acceptors (Lipinski definition) is 7. The van der Waals surface area contributed by atoms with Gasteiger partial charge in [-0.1, -0.05) is 23.4 Å². The Morgan fingerprint density at radius 1 is 1.00 bits per heavy atom. The Hall–Kier alpha value is -4.27. The first-order chi connectivity index (χ1) is 16.1. The van der Waals surface area contributed by atoms with Crippen molar-refractivity contribution in [3.05, 3.63) is 72.4 Å². The van der Waals surface area contributed by atoms with Gasteiger partial charge in [0.05, 0.1) is 18.9 Å². The molecule has 0 unspecified atom stereocenters. The molecule has 0 saturated heterocycles. The van der Waals surface area contributed by atoms with Crippen LogP contribution in [-0.2, 0) is 9.63 Å². The Morgan fingerprint density at radius 3 is 2.48 bits per heavy atom. The van der Waals surface area contributed by atoms with Gasteiger partial charge in [-0.05, 0) is 44.2 Å². The largest absolute Gasteiger partial charge is 0.494 e. The molecule has 0 radical (unpaired) electrons. The van der Waals surface area contributed by atoms with Crippen molar-refractivity contribution < 1.29 is 23.8 Å². The second-order valence-corrected chi connectivity index (χ2v) is 6.62. The van der Waals surface area contributed by atoms with Gasteiger partial charge in [0.25, 0.3) is 5.91 Å². The zero-order valence-corrected chi connectivity index (χ0v) is 18.5. The number of rotatable bonds is 11. The topological polar surface area (TPSA) is 117 Å². The van der Waals surface area contributed by atoms with Crippen molar-refractivity contribution in [2.75, 3.05) is 25.1 Å². The number of nitrogens with zero attached hydrogens (tertiary/aromatic N) is 2. The van der Waals surface area contributed by atoms with E-state index in [-0.39, 0.29) is 12.4 Å². The summed E-state index contributed by atoms with van der Waals surface area (Å²) in [6, 6.07) is 17.9. The summed E-state index contributed by atoms with van der Waals surface area (Å²) >= 11 is 0. The minimum atomic E-state index is -0.425. The molecule has 0 bridgehead atoms. The maximum Gasteiger partial charge on any atom is 0.265 e.